The Hall–Kier alpha value is -2.34. The van der Waals surface area contributed by atoms with Crippen LogP contribution in [0.4, 0.5) is 0 Å². The summed E-state index contributed by atoms with van der Waals surface area (Å²) in [7, 11) is 0. The van der Waals surface area contributed by atoms with Gasteiger partial charge in [0.1, 0.15) is 0 Å². The summed E-state index contributed by atoms with van der Waals surface area (Å²) in [6, 6.07) is 12.2. The number of carbonyl (C=O) groups is 1. The van der Waals surface area contributed by atoms with E-state index >= 15 is 0 Å². The first-order valence-electron chi connectivity index (χ1n) is 9.03. The van der Waals surface area contributed by atoms with Crippen molar-refractivity contribution in [2.45, 2.75) is 32.5 Å². The van der Waals surface area contributed by atoms with Crippen LogP contribution in [0.25, 0.3) is 22.2 Å². The number of nitrogens with one attached hydrogen (secondary N) is 3. The van der Waals surface area contributed by atoms with Gasteiger partial charge in [0.05, 0.1) is 5.56 Å². The molecule has 0 spiro atoms. The molecule has 27 heavy (non-hydrogen) atoms. The lowest BCUT2D eigenvalue weighted by molar-refractivity contribution is 0.0966. The molecule has 1 amide bonds. The third kappa shape index (κ3) is 3.58. The molecule has 0 atom stereocenters. The van der Waals surface area contributed by atoms with Crippen molar-refractivity contribution in [2.24, 2.45) is 5.73 Å². The summed E-state index contributed by atoms with van der Waals surface area (Å²) >= 11 is 6.26. The topological polar surface area (TPSA) is 82.9 Å². The van der Waals surface area contributed by atoms with E-state index in [2.05, 4.69) is 39.9 Å². The van der Waals surface area contributed by atoms with Crippen LogP contribution in [-0.4, -0.2) is 23.0 Å². The second-order valence-electron chi connectivity index (χ2n) is 7.83. The summed E-state index contributed by atoms with van der Waals surface area (Å²) in [5, 5.41) is 7.98. The maximum absolute atomic E-state index is 12.3. The largest absolute Gasteiger partial charge is 0.355 e. The molecule has 0 radical (unpaired) electrons. The molecule has 3 aromatic rings. The molecule has 0 aliphatic carbocycles. The van der Waals surface area contributed by atoms with Gasteiger partial charge in [-0.25, -0.2) is 0 Å². The Bertz CT molecular complexity index is 1030. The van der Waals surface area contributed by atoms with E-state index in [0.717, 1.165) is 40.8 Å². The van der Waals surface area contributed by atoms with Gasteiger partial charge in [-0.3, -0.25) is 4.79 Å². The maximum atomic E-state index is 12.3. The van der Waals surface area contributed by atoms with Crippen molar-refractivity contribution in [3.63, 3.8) is 0 Å². The third-order valence-electron chi connectivity index (χ3n) is 4.79. The summed E-state index contributed by atoms with van der Waals surface area (Å²) in [6.45, 7) is 5.99. The summed E-state index contributed by atoms with van der Waals surface area (Å²) in [6.07, 6.45) is 0. The lowest BCUT2D eigenvalue weighted by atomic mass is 10.0. The minimum Gasteiger partial charge on any atom is -0.355 e. The first-order chi connectivity index (χ1) is 12.8. The van der Waals surface area contributed by atoms with Gasteiger partial charge in [0, 0.05) is 57.9 Å². The predicted octanol–water partition coefficient (Wildman–Crippen LogP) is 3.56. The van der Waals surface area contributed by atoms with Gasteiger partial charge in [-0.1, -0.05) is 23.7 Å². The summed E-state index contributed by atoms with van der Waals surface area (Å²) in [4.78, 5) is 15.7. The van der Waals surface area contributed by atoms with Crippen molar-refractivity contribution >= 4 is 28.4 Å². The molecule has 1 aliphatic heterocycles. The van der Waals surface area contributed by atoms with Gasteiger partial charge in [0.15, 0.2) is 0 Å². The third-order valence-corrected chi connectivity index (χ3v) is 5.15. The number of fused-ring (bicyclic) bond motifs is 2. The van der Waals surface area contributed by atoms with Crippen molar-refractivity contribution in [3.05, 3.63) is 58.1 Å². The Morgan fingerprint density at radius 1 is 1.22 bits per heavy atom. The van der Waals surface area contributed by atoms with Crippen LogP contribution in [0.5, 0.6) is 0 Å². The molecule has 5 N–H and O–H groups in total. The Morgan fingerprint density at radius 3 is 2.81 bits per heavy atom. The molecule has 1 aliphatic rings. The molecule has 2 heterocycles. The smallest absolute Gasteiger partial charge is 0.252 e. The summed E-state index contributed by atoms with van der Waals surface area (Å²) in [5.41, 5.74) is 11.3. The fraction of sp³-hybridized carbons (Fsp3) is 0.286. The average Bonchev–Trinajstić information content (AvgIpc) is 3.18. The molecule has 2 aromatic carbocycles. The number of aromatic nitrogens is 1. The highest BCUT2D eigenvalue weighted by Gasteiger charge is 2.26. The quantitative estimate of drug-likeness (QED) is 0.544. The van der Waals surface area contributed by atoms with Crippen LogP contribution >= 0.6 is 11.6 Å². The second kappa shape index (κ2) is 6.68. The molecule has 0 fully saturated rings. The monoisotopic (exact) mass is 382 g/mol. The number of hydrogen-bond acceptors (Lipinski definition) is 3. The van der Waals surface area contributed by atoms with Crippen molar-refractivity contribution < 1.29 is 4.79 Å². The van der Waals surface area contributed by atoms with Gasteiger partial charge in [-0.05, 0) is 43.7 Å². The van der Waals surface area contributed by atoms with Gasteiger partial charge in [-0.15, -0.1) is 0 Å². The molecular formula is C21H23ClN4O. The Labute approximate surface area is 163 Å². The van der Waals surface area contributed by atoms with Crippen molar-refractivity contribution in [2.75, 3.05) is 6.54 Å². The Morgan fingerprint density at radius 2 is 2.04 bits per heavy atom. The van der Waals surface area contributed by atoms with Gasteiger partial charge in [0.2, 0.25) is 0 Å². The van der Waals surface area contributed by atoms with Gasteiger partial charge in [-0.2, -0.15) is 0 Å². The standard InChI is InChI=1S/C21H23ClN4O/c1-21(2,23)11-24-9-12-3-6-17-13(7-12)8-18(26-17)14-4-5-16(22)15-10-25-20(27)19(14)15/h3-8,24,26H,9-11,23H2,1-2H3,(H,25,27). The number of hydrogen-bond donors (Lipinski definition) is 4. The Balaban J connectivity index is 1.65. The lowest BCUT2D eigenvalue weighted by Gasteiger charge is -2.18. The fourth-order valence-corrected chi connectivity index (χ4v) is 3.73. The van der Waals surface area contributed by atoms with E-state index < -0.39 is 0 Å². The highest BCUT2D eigenvalue weighted by molar-refractivity contribution is 6.32. The van der Waals surface area contributed by atoms with Crippen molar-refractivity contribution in [3.8, 4) is 11.3 Å². The van der Waals surface area contributed by atoms with E-state index in [9.17, 15) is 4.79 Å². The fourth-order valence-electron chi connectivity index (χ4n) is 3.50. The van der Waals surface area contributed by atoms with Gasteiger partial charge < -0.3 is 21.4 Å². The normalized spacial score (nSPS) is 13.9. The minimum absolute atomic E-state index is 0.0737. The van der Waals surface area contributed by atoms with E-state index in [0.29, 0.717) is 17.1 Å². The van der Waals surface area contributed by atoms with Crippen molar-refractivity contribution in [1.29, 1.82) is 0 Å². The number of benzene rings is 2. The number of halogens is 1. The van der Waals surface area contributed by atoms with E-state index in [1.807, 2.05) is 26.0 Å². The molecule has 5 nitrogen and oxygen atoms in total. The van der Waals surface area contributed by atoms with Crippen LogP contribution in [0.15, 0.2) is 36.4 Å². The highest BCUT2D eigenvalue weighted by atomic mass is 35.5. The van der Waals surface area contributed by atoms with Gasteiger partial charge in [0.25, 0.3) is 5.91 Å². The van der Waals surface area contributed by atoms with Crippen molar-refractivity contribution in [1.82, 2.24) is 15.6 Å². The molecule has 0 unspecified atom stereocenters. The molecule has 0 saturated carbocycles. The van der Waals surface area contributed by atoms with Crippen LogP contribution in [-0.2, 0) is 13.1 Å². The first kappa shape index (κ1) is 18.0. The summed E-state index contributed by atoms with van der Waals surface area (Å²) in [5.74, 6) is -0.0737. The van der Waals surface area contributed by atoms with Crippen LogP contribution in [0.2, 0.25) is 5.02 Å². The lowest BCUT2D eigenvalue weighted by Crippen LogP contribution is -2.42. The number of rotatable bonds is 5. The molecular weight excluding hydrogens is 360 g/mol. The molecule has 4 rings (SSSR count). The van der Waals surface area contributed by atoms with E-state index in [-0.39, 0.29) is 11.4 Å². The number of H-pyrrole nitrogens is 1. The summed E-state index contributed by atoms with van der Waals surface area (Å²) < 4.78 is 0. The molecule has 140 valence electrons. The maximum Gasteiger partial charge on any atom is 0.252 e. The average molecular weight is 383 g/mol. The van der Waals surface area contributed by atoms with E-state index in [1.54, 1.807) is 0 Å². The minimum atomic E-state index is -0.235. The number of nitrogens with two attached hydrogens (primary N) is 1. The van der Waals surface area contributed by atoms with Crippen LogP contribution < -0.4 is 16.4 Å². The van der Waals surface area contributed by atoms with E-state index in [1.165, 1.54) is 5.56 Å². The molecule has 1 aromatic heterocycles. The van der Waals surface area contributed by atoms with Crippen LogP contribution in [0.1, 0.15) is 35.3 Å². The molecule has 6 heteroatoms. The zero-order valence-electron chi connectivity index (χ0n) is 15.4. The zero-order chi connectivity index (χ0) is 19.2. The predicted molar refractivity (Wildman–Crippen MR) is 110 cm³/mol. The number of amides is 1. The Kier molecular flexibility index (Phi) is 4.46. The number of carbonyl (C=O) groups excluding carboxylic acids is 1. The van der Waals surface area contributed by atoms with Gasteiger partial charge >= 0.3 is 0 Å². The first-order valence-corrected chi connectivity index (χ1v) is 9.41. The number of aromatic amines is 1. The zero-order valence-corrected chi connectivity index (χ0v) is 16.2. The van der Waals surface area contributed by atoms with E-state index in [4.69, 9.17) is 17.3 Å². The highest BCUT2D eigenvalue weighted by Crippen LogP contribution is 2.34. The second-order valence-corrected chi connectivity index (χ2v) is 8.24. The SMILES string of the molecule is CC(C)(N)CNCc1ccc2[nH]c(-c3ccc(Cl)c4c3C(=O)NC4)cc2c1. The van der Waals surface area contributed by atoms with Crippen LogP contribution in [0.3, 0.4) is 0 Å². The molecule has 0 saturated heterocycles. The molecule has 0 bridgehead atoms. The van der Waals surface area contributed by atoms with Crippen LogP contribution in [0, 0.1) is 0 Å².